The van der Waals surface area contributed by atoms with E-state index in [0.29, 0.717) is 19.5 Å². The Hall–Kier alpha value is -1.61. The summed E-state index contributed by atoms with van der Waals surface area (Å²) in [6, 6.07) is 14.5. The minimum absolute atomic E-state index is 0. The lowest BCUT2D eigenvalue weighted by atomic mass is 10.2. The van der Waals surface area contributed by atoms with Crippen molar-refractivity contribution in [1.82, 2.24) is 16.0 Å². The fourth-order valence-electron chi connectivity index (χ4n) is 2.66. The van der Waals surface area contributed by atoms with Crippen molar-refractivity contribution in [2.24, 2.45) is 4.99 Å². The third-order valence-corrected chi connectivity index (χ3v) is 5.00. The van der Waals surface area contributed by atoms with E-state index in [4.69, 9.17) is 0 Å². The Balaban J connectivity index is 0.00000392. The zero-order valence-corrected chi connectivity index (χ0v) is 20.0. The molecule has 3 N–H and O–H groups in total. The average molecular weight is 514 g/mol. The van der Waals surface area contributed by atoms with Crippen molar-refractivity contribution in [3.05, 3.63) is 57.8 Å². The van der Waals surface area contributed by atoms with Crippen molar-refractivity contribution in [2.45, 2.75) is 46.2 Å². The quantitative estimate of drug-likeness (QED) is 0.271. The number of carbonyl (C=O) groups excluding carboxylic acids is 1. The van der Waals surface area contributed by atoms with Gasteiger partial charge in [-0.1, -0.05) is 30.3 Å². The summed E-state index contributed by atoms with van der Waals surface area (Å²) in [7, 11) is 0. The lowest BCUT2D eigenvalue weighted by Crippen LogP contribution is -2.43. The first-order valence-corrected chi connectivity index (χ1v) is 10.3. The molecule has 1 heterocycles. The van der Waals surface area contributed by atoms with Gasteiger partial charge < -0.3 is 16.0 Å². The maximum absolute atomic E-state index is 12.0. The third kappa shape index (κ3) is 9.54. The highest BCUT2D eigenvalue weighted by atomic mass is 127. The Kier molecular flexibility index (Phi) is 11.8. The maximum atomic E-state index is 12.0. The summed E-state index contributed by atoms with van der Waals surface area (Å²) < 4.78 is 0. The molecule has 1 atom stereocenters. The van der Waals surface area contributed by atoms with Crippen molar-refractivity contribution in [3.8, 4) is 0 Å². The molecule has 0 radical (unpaired) electrons. The Morgan fingerprint density at radius 2 is 1.89 bits per heavy atom. The summed E-state index contributed by atoms with van der Waals surface area (Å²) in [4.78, 5) is 19.2. The molecule has 5 nitrogen and oxygen atoms in total. The first-order chi connectivity index (χ1) is 13.1. The van der Waals surface area contributed by atoms with Crippen LogP contribution < -0.4 is 16.0 Å². The van der Waals surface area contributed by atoms with Crippen molar-refractivity contribution in [1.29, 1.82) is 0 Å². The number of rotatable bonds is 9. The number of guanidine groups is 1. The molecule has 1 unspecified atom stereocenters. The van der Waals surface area contributed by atoms with E-state index in [-0.39, 0.29) is 35.9 Å². The van der Waals surface area contributed by atoms with Gasteiger partial charge in [0.2, 0.25) is 5.91 Å². The molecular formula is C21H31IN4OS. The molecule has 28 heavy (non-hydrogen) atoms. The van der Waals surface area contributed by atoms with Crippen LogP contribution in [0.1, 0.15) is 35.6 Å². The number of amides is 1. The first-order valence-electron chi connectivity index (χ1n) is 9.47. The number of aliphatic imine (C=N–C) groups is 1. The number of benzene rings is 1. The summed E-state index contributed by atoms with van der Waals surface area (Å²) in [6.07, 6.45) is 1.34. The topological polar surface area (TPSA) is 65.5 Å². The number of thiophene rings is 1. The van der Waals surface area contributed by atoms with E-state index in [0.717, 1.165) is 24.5 Å². The molecule has 0 bridgehead atoms. The van der Waals surface area contributed by atoms with Crippen LogP contribution in [0.3, 0.4) is 0 Å². The minimum Gasteiger partial charge on any atom is -0.357 e. The van der Waals surface area contributed by atoms with Crippen molar-refractivity contribution in [3.63, 3.8) is 0 Å². The van der Waals surface area contributed by atoms with Crippen LogP contribution in [0.25, 0.3) is 0 Å². The second-order valence-corrected chi connectivity index (χ2v) is 7.91. The Bertz CT molecular complexity index is 733. The molecule has 0 spiro atoms. The zero-order chi connectivity index (χ0) is 19.5. The molecule has 1 aromatic heterocycles. The van der Waals surface area contributed by atoms with E-state index in [9.17, 15) is 4.79 Å². The van der Waals surface area contributed by atoms with Crippen LogP contribution in [-0.2, 0) is 17.8 Å². The summed E-state index contributed by atoms with van der Waals surface area (Å²) >= 11 is 1.83. The number of hydrogen-bond donors (Lipinski definition) is 3. The smallest absolute Gasteiger partial charge is 0.222 e. The Labute approximate surface area is 189 Å². The van der Waals surface area contributed by atoms with Gasteiger partial charge in [-0.3, -0.25) is 9.79 Å². The van der Waals surface area contributed by atoms with Crippen LogP contribution in [0.4, 0.5) is 0 Å². The number of aryl methyl sites for hydroxylation is 1. The SMILES string of the molecule is CCNC(=NCCC(=O)NCc1ccccc1)NC(C)Cc1ccc(C)s1.I. The summed E-state index contributed by atoms with van der Waals surface area (Å²) in [5.41, 5.74) is 1.10. The van der Waals surface area contributed by atoms with Gasteiger partial charge in [-0.25, -0.2) is 0 Å². The van der Waals surface area contributed by atoms with Gasteiger partial charge in [0.15, 0.2) is 5.96 Å². The molecule has 154 valence electrons. The fraction of sp³-hybridized carbons (Fsp3) is 0.429. The number of nitrogens with zero attached hydrogens (tertiary/aromatic N) is 1. The highest BCUT2D eigenvalue weighted by Gasteiger charge is 2.08. The monoisotopic (exact) mass is 514 g/mol. The van der Waals surface area contributed by atoms with E-state index in [1.807, 2.05) is 48.6 Å². The van der Waals surface area contributed by atoms with E-state index in [1.54, 1.807) is 0 Å². The maximum Gasteiger partial charge on any atom is 0.222 e. The van der Waals surface area contributed by atoms with E-state index < -0.39 is 0 Å². The van der Waals surface area contributed by atoms with Gasteiger partial charge in [-0.05, 0) is 38.5 Å². The van der Waals surface area contributed by atoms with Gasteiger partial charge in [0.05, 0.1) is 6.54 Å². The van der Waals surface area contributed by atoms with Crippen LogP contribution in [-0.4, -0.2) is 31.0 Å². The van der Waals surface area contributed by atoms with Crippen LogP contribution in [0.5, 0.6) is 0 Å². The highest BCUT2D eigenvalue weighted by molar-refractivity contribution is 14.0. The molecule has 0 fully saturated rings. The van der Waals surface area contributed by atoms with E-state index in [1.165, 1.54) is 9.75 Å². The third-order valence-electron chi connectivity index (χ3n) is 3.97. The second-order valence-electron chi connectivity index (χ2n) is 6.53. The summed E-state index contributed by atoms with van der Waals surface area (Å²) in [5, 5.41) is 9.60. The number of carbonyl (C=O) groups is 1. The van der Waals surface area contributed by atoms with Gasteiger partial charge in [-0.2, -0.15) is 0 Å². The molecule has 7 heteroatoms. The highest BCUT2D eigenvalue weighted by Crippen LogP contribution is 2.16. The van der Waals surface area contributed by atoms with Crippen LogP contribution >= 0.6 is 35.3 Å². The van der Waals surface area contributed by atoms with Crippen LogP contribution in [0, 0.1) is 6.92 Å². The van der Waals surface area contributed by atoms with Crippen molar-refractivity contribution < 1.29 is 4.79 Å². The van der Waals surface area contributed by atoms with Crippen molar-refractivity contribution in [2.75, 3.05) is 13.1 Å². The predicted octanol–water partition coefficient (Wildman–Crippen LogP) is 3.87. The first kappa shape index (κ1) is 24.4. The van der Waals surface area contributed by atoms with E-state index in [2.05, 4.69) is 46.9 Å². The minimum atomic E-state index is 0. The molecule has 0 aliphatic rings. The average Bonchev–Trinajstić information content (AvgIpc) is 3.05. The number of hydrogen-bond acceptors (Lipinski definition) is 3. The Morgan fingerprint density at radius 1 is 1.14 bits per heavy atom. The normalized spacial score (nSPS) is 12.0. The lowest BCUT2D eigenvalue weighted by Gasteiger charge is -2.17. The molecule has 1 amide bonds. The predicted molar refractivity (Wildman–Crippen MR) is 130 cm³/mol. The fourth-order valence-corrected chi connectivity index (χ4v) is 3.67. The number of halogens is 1. The summed E-state index contributed by atoms with van der Waals surface area (Å²) in [5.74, 6) is 0.773. The summed E-state index contributed by atoms with van der Waals surface area (Å²) in [6.45, 7) is 8.11. The molecule has 0 aliphatic carbocycles. The van der Waals surface area contributed by atoms with Crippen LogP contribution in [0.2, 0.25) is 0 Å². The lowest BCUT2D eigenvalue weighted by molar-refractivity contribution is -0.121. The zero-order valence-electron chi connectivity index (χ0n) is 16.8. The molecule has 1 aromatic carbocycles. The van der Waals surface area contributed by atoms with Gasteiger partial charge in [-0.15, -0.1) is 35.3 Å². The van der Waals surface area contributed by atoms with Gasteiger partial charge in [0, 0.05) is 41.7 Å². The number of nitrogens with one attached hydrogen (secondary N) is 3. The molecule has 2 aromatic rings. The largest absolute Gasteiger partial charge is 0.357 e. The standard InChI is InChI=1S/C21H30N4OS.HI/c1-4-22-21(25-16(2)14-19-11-10-17(3)27-19)23-13-12-20(26)24-15-18-8-6-5-7-9-18;/h5-11,16H,4,12-15H2,1-3H3,(H,24,26)(H2,22,23,25);1H. The van der Waals surface area contributed by atoms with Crippen molar-refractivity contribution >= 4 is 47.2 Å². The van der Waals surface area contributed by atoms with Gasteiger partial charge in [0.25, 0.3) is 0 Å². The second kappa shape index (κ2) is 13.5. The Morgan fingerprint density at radius 3 is 2.54 bits per heavy atom. The van der Waals surface area contributed by atoms with E-state index >= 15 is 0 Å². The molecular weight excluding hydrogens is 483 g/mol. The molecule has 0 saturated carbocycles. The van der Waals surface area contributed by atoms with Gasteiger partial charge >= 0.3 is 0 Å². The van der Waals surface area contributed by atoms with Crippen LogP contribution in [0.15, 0.2) is 47.5 Å². The molecule has 2 rings (SSSR count). The van der Waals surface area contributed by atoms with Gasteiger partial charge in [0.1, 0.15) is 0 Å². The molecule has 0 saturated heterocycles. The molecule has 0 aliphatic heterocycles.